The Hall–Kier alpha value is -2.90. The van der Waals surface area contributed by atoms with Crippen LogP contribution in [0, 0.1) is 0 Å². The average molecular weight is 373 g/mol. The van der Waals surface area contributed by atoms with Crippen LogP contribution in [0.5, 0.6) is 0 Å². The van der Waals surface area contributed by atoms with Crippen molar-refractivity contribution < 1.29 is 23.6 Å². The SMILES string of the molecule is C[C@H](OC(=O)Cc1noc2ccccc12)C(=O)NC(=O)NC1CCCCC1. The number of ether oxygens (including phenoxy) is 1. The van der Waals surface area contributed by atoms with Gasteiger partial charge < -0.3 is 14.6 Å². The highest BCUT2D eigenvalue weighted by atomic mass is 16.5. The Morgan fingerprint density at radius 1 is 1.22 bits per heavy atom. The third-order valence-corrected chi connectivity index (χ3v) is 4.62. The van der Waals surface area contributed by atoms with Crippen molar-refractivity contribution in [1.29, 1.82) is 0 Å². The van der Waals surface area contributed by atoms with E-state index in [1.54, 1.807) is 18.2 Å². The topological polar surface area (TPSA) is 111 Å². The van der Waals surface area contributed by atoms with Crippen molar-refractivity contribution in [2.24, 2.45) is 0 Å². The first-order valence-corrected chi connectivity index (χ1v) is 9.17. The van der Waals surface area contributed by atoms with Crippen LogP contribution in [0.4, 0.5) is 4.79 Å². The Morgan fingerprint density at radius 3 is 2.74 bits per heavy atom. The largest absolute Gasteiger partial charge is 0.452 e. The Bertz CT molecular complexity index is 826. The lowest BCUT2D eigenvalue weighted by Crippen LogP contribution is -2.48. The van der Waals surface area contributed by atoms with E-state index in [0.29, 0.717) is 11.3 Å². The molecule has 1 aromatic heterocycles. The molecule has 0 radical (unpaired) electrons. The summed E-state index contributed by atoms with van der Waals surface area (Å²) in [5.41, 5.74) is 1.02. The Labute approximate surface area is 156 Å². The predicted molar refractivity (Wildman–Crippen MR) is 96.8 cm³/mol. The summed E-state index contributed by atoms with van der Waals surface area (Å²) in [5.74, 6) is -1.29. The molecule has 8 nitrogen and oxygen atoms in total. The molecule has 1 heterocycles. The number of hydrogen-bond donors (Lipinski definition) is 2. The molecule has 1 aliphatic rings. The second-order valence-electron chi connectivity index (χ2n) is 6.73. The number of imide groups is 1. The molecule has 3 rings (SSSR count). The van der Waals surface area contributed by atoms with E-state index in [1.165, 1.54) is 13.3 Å². The van der Waals surface area contributed by atoms with E-state index in [2.05, 4.69) is 15.8 Å². The van der Waals surface area contributed by atoms with Gasteiger partial charge in [0, 0.05) is 11.4 Å². The summed E-state index contributed by atoms with van der Waals surface area (Å²) in [6.07, 6.45) is 3.94. The number of rotatable bonds is 5. The first-order valence-electron chi connectivity index (χ1n) is 9.17. The summed E-state index contributed by atoms with van der Waals surface area (Å²) in [6.45, 7) is 1.42. The van der Waals surface area contributed by atoms with E-state index in [0.717, 1.165) is 31.1 Å². The molecule has 2 aromatic rings. The second kappa shape index (κ2) is 8.66. The van der Waals surface area contributed by atoms with Gasteiger partial charge >= 0.3 is 12.0 Å². The molecule has 1 fully saturated rings. The highest BCUT2D eigenvalue weighted by Crippen LogP contribution is 2.19. The lowest BCUT2D eigenvalue weighted by atomic mass is 9.96. The highest BCUT2D eigenvalue weighted by molar-refractivity contribution is 5.97. The van der Waals surface area contributed by atoms with Gasteiger partial charge in [0.05, 0.1) is 6.42 Å². The third-order valence-electron chi connectivity index (χ3n) is 4.62. The average Bonchev–Trinajstić information content (AvgIpc) is 3.05. The molecule has 3 amide bonds. The van der Waals surface area contributed by atoms with Crippen LogP contribution in [0.15, 0.2) is 28.8 Å². The molecule has 8 heteroatoms. The van der Waals surface area contributed by atoms with Gasteiger partial charge in [-0.3, -0.25) is 14.9 Å². The highest BCUT2D eigenvalue weighted by Gasteiger charge is 2.23. The maximum atomic E-state index is 12.1. The van der Waals surface area contributed by atoms with Crippen molar-refractivity contribution >= 4 is 28.9 Å². The van der Waals surface area contributed by atoms with Crippen LogP contribution >= 0.6 is 0 Å². The summed E-state index contributed by atoms with van der Waals surface area (Å²) < 4.78 is 10.2. The number of carbonyl (C=O) groups is 3. The van der Waals surface area contributed by atoms with E-state index in [9.17, 15) is 14.4 Å². The van der Waals surface area contributed by atoms with Crippen molar-refractivity contribution in [3.63, 3.8) is 0 Å². The molecule has 144 valence electrons. The number of para-hydroxylation sites is 1. The molecular formula is C19H23N3O5. The summed E-state index contributed by atoms with van der Waals surface area (Å²) in [5, 5.41) is 9.58. The van der Waals surface area contributed by atoms with Crippen molar-refractivity contribution in [1.82, 2.24) is 15.8 Å². The van der Waals surface area contributed by atoms with Crippen LogP contribution < -0.4 is 10.6 Å². The van der Waals surface area contributed by atoms with Crippen molar-refractivity contribution in [2.75, 3.05) is 0 Å². The number of carbonyl (C=O) groups excluding carboxylic acids is 3. The van der Waals surface area contributed by atoms with Crippen LogP contribution in [0.25, 0.3) is 11.0 Å². The quantitative estimate of drug-likeness (QED) is 0.779. The van der Waals surface area contributed by atoms with Gasteiger partial charge in [-0.1, -0.05) is 36.6 Å². The van der Waals surface area contributed by atoms with Crippen molar-refractivity contribution in [2.45, 2.75) is 57.6 Å². The molecule has 0 saturated heterocycles. The first kappa shape index (κ1) is 18.9. The summed E-state index contributed by atoms with van der Waals surface area (Å²) >= 11 is 0. The Morgan fingerprint density at radius 2 is 1.96 bits per heavy atom. The normalized spacial score (nSPS) is 15.9. The minimum Gasteiger partial charge on any atom is -0.452 e. The molecule has 0 unspecified atom stereocenters. The van der Waals surface area contributed by atoms with Crippen LogP contribution in [0.3, 0.4) is 0 Å². The monoisotopic (exact) mass is 373 g/mol. The number of hydrogen-bond acceptors (Lipinski definition) is 6. The van der Waals surface area contributed by atoms with Crippen LogP contribution in [0.2, 0.25) is 0 Å². The summed E-state index contributed by atoms with van der Waals surface area (Å²) in [4.78, 5) is 36.1. The molecule has 1 aromatic carbocycles. The lowest BCUT2D eigenvalue weighted by Gasteiger charge is -2.23. The van der Waals surface area contributed by atoms with Gasteiger partial charge in [0.1, 0.15) is 5.69 Å². The van der Waals surface area contributed by atoms with Crippen LogP contribution in [-0.4, -0.2) is 35.2 Å². The lowest BCUT2D eigenvalue weighted by molar-refractivity contribution is -0.153. The fourth-order valence-corrected chi connectivity index (χ4v) is 3.18. The molecular weight excluding hydrogens is 350 g/mol. The zero-order valence-corrected chi connectivity index (χ0v) is 15.2. The first-order chi connectivity index (χ1) is 13.0. The number of urea groups is 1. The van der Waals surface area contributed by atoms with Gasteiger partial charge in [-0.15, -0.1) is 0 Å². The number of nitrogens with one attached hydrogen (secondary N) is 2. The van der Waals surface area contributed by atoms with Gasteiger partial charge in [-0.25, -0.2) is 4.79 Å². The smallest absolute Gasteiger partial charge is 0.321 e. The van der Waals surface area contributed by atoms with Crippen LogP contribution in [0.1, 0.15) is 44.7 Å². The van der Waals surface area contributed by atoms with E-state index in [1.807, 2.05) is 6.07 Å². The molecule has 0 aliphatic heterocycles. The van der Waals surface area contributed by atoms with E-state index in [-0.39, 0.29) is 12.5 Å². The number of nitrogens with zero attached hydrogens (tertiary/aromatic N) is 1. The maximum Gasteiger partial charge on any atom is 0.321 e. The van der Waals surface area contributed by atoms with E-state index < -0.39 is 24.0 Å². The van der Waals surface area contributed by atoms with Gasteiger partial charge in [0.15, 0.2) is 11.7 Å². The zero-order chi connectivity index (χ0) is 19.2. The third kappa shape index (κ3) is 5.06. The van der Waals surface area contributed by atoms with Gasteiger partial charge in [0.2, 0.25) is 0 Å². The molecule has 2 N–H and O–H groups in total. The fourth-order valence-electron chi connectivity index (χ4n) is 3.18. The molecule has 27 heavy (non-hydrogen) atoms. The van der Waals surface area contributed by atoms with Crippen LogP contribution in [-0.2, 0) is 20.7 Å². The number of esters is 1. The summed E-state index contributed by atoms with van der Waals surface area (Å²) in [7, 11) is 0. The molecule has 0 spiro atoms. The van der Waals surface area contributed by atoms with Gasteiger partial charge in [0.25, 0.3) is 5.91 Å². The Kier molecular flexibility index (Phi) is 6.05. The molecule has 1 saturated carbocycles. The summed E-state index contributed by atoms with van der Waals surface area (Å²) in [6, 6.07) is 6.69. The number of benzene rings is 1. The van der Waals surface area contributed by atoms with Crippen molar-refractivity contribution in [3.8, 4) is 0 Å². The number of fused-ring (bicyclic) bond motifs is 1. The fraction of sp³-hybridized carbons (Fsp3) is 0.474. The standard InChI is InChI=1S/C19H23N3O5/c1-12(18(24)21-19(25)20-13-7-3-2-4-8-13)26-17(23)11-15-14-9-5-6-10-16(14)27-22-15/h5-6,9-10,12-13H,2-4,7-8,11H2,1H3,(H2,20,21,24,25)/t12-/m0/s1. The predicted octanol–water partition coefficient (Wildman–Crippen LogP) is 2.46. The Balaban J connectivity index is 1.47. The van der Waals surface area contributed by atoms with E-state index in [4.69, 9.17) is 9.26 Å². The second-order valence-corrected chi connectivity index (χ2v) is 6.73. The molecule has 0 bridgehead atoms. The van der Waals surface area contributed by atoms with Gasteiger partial charge in [-0.2, -0.15) is 0 Å². The minimum atomic E-state index is -1.09. The van der Waals surface area contributed by atoms with E-state index >= 15 is 0 Å². The number of aromatic nitrogens is 1. The van der Waals surface area contributed by atoms with Crippen molar-refractivity contribution in [3.05, 3.63) is 30.0 Å². The minimum absolute atomic E-state index is 0.0878. The zero-order valence-electron chi connectivity index (χ0n) is 15.2. The van der Waals surface area contributed by atoms with Gasteiger partial charge in [-0.05, 0) is 31.9 Å². The molecule has 1 aliphatic carbocycles. The maximum absolute atomic E-state index is 12.1. The number of amides is 3. The molecule has 1 atom stereocenters.